The molecular formula is C18H20BrO3PS. The Hall–Kier alpha value is -0.710. The van der Waals surface area contributed by atoms with Crippen LogP contribution in [0, 0.1) is 0 Å². The second-order valence-electron chi connectivity index (χ2n) is 5.49. The molecule has 0 spiro atoms. The Morgan fingerprint density at radius 1 is 1.00 bits per heavy atom. The number of hydrogen-bond donors (Lipinski definition) is 0. The Balaban J connectivity index is 1.85. The van der Waals surface area contributed by atoms with E-state index in [0.29, 0.717) is 25.8 Å². The van der Waals surface area contributed by atoms with E-state index in [-0.39, 0.29) is 0 Å². The van der Waals surface area contributed by atoms with Gasteiger partial charge >= 0.3 is 7.60 Å². The van der Waals surface area contributed by atoms with Crippen LogP contribution in [0.1, 0.15) is 19.4 Å². The summed E-state index contributed by atoms with van der Waals surface area (Å²) in [7, 11) is -2.98. The van der Waals surface area contributed by atoms with Gasteiger partial charge in [-0.15, -0.1) is 11.3 Å². The number of fused-ring (bicyclic) bond motifs is 3. The number of halogens is 1. The molecule has 24 heavy (non-hydrogen) atoms. The molecule has 3 aromatic rings. The molecule has 1 heterocycles. The first-order valence-electron chi connectivity index (χ1n) is 8.03. The van der Waals surface area contributed by atoms with Gasteiger partial charge < -0.3 is 9.05 Å². The molecule has 0 fully saturated rings. The lowest BCUT2D eigenvalue weighted by atomic mass is 10.1. The molecule has 0 atom stereocenters. The predicted octanol–water partition coefficient (Wildman–Crippen LogP) is 6.63. The number of thiophene rings is 1. The van der Waals surface area contributed by atoms with E-state index in [1.54, 1.807) is 11.3 Å². The van der Waals surface area contributed by atoms with Crippen LogP contribution < -0.4 is 0 Å². The van der Waals surface area contributed by atoms with Crippen molar-refractivity contribution in [2.24, 2.45) is 0 Å². The van der Waals surface area contributed by atoms with Crippen molar-refractivity contribution >= 4 is 55.0 Å². The predicted molar refractivity (Wildman–Crippen MR) is 106 cm³/mol. The Kier molecular flexibility index (Phi) is 5.78. The molecule has 128 valence electrons. The van der Waals surface area contributed by atoms with Gasteiger partial charge in [-0.1, -0.05) is 34.1 Å². The molecule has 0 amide bonds. The van der Waals surface area contributed by atoms with Crippen LogP contribution in [0.25, 0.3) is 20.2 Å². The van der Waals surface area contributed by atoms with Crippen molar-refractivity contribution in [1.82, 2.24) is 0 Å². The fourth-order valence-corrected chi connectivity index (χ4v) is 6.15. The SMILES string of the molecule is CCOP(=O)(CCc1ccc2c(c1)sc1cc(Br)ccc12)OCC. The fraction of sp³-hybridized carbons (Fsp3) is 0.333. The lowest BCUT2D eigenvalue weighted by molar-refractivity contribution is 0.220. The van der Waals surface area contributed by atoms with E-state index >= 15 is 0 Å². The molecule has 0 saturated heterocycles. The summed E-state index contributed by atoms with van der Waals surface area (Å²) in [6.07, 6.45) is 1.10. The molecule has 0 radical (unpaired) electrons. The minimum atomic E-state index is -2.98. The fourth-order valence-electron chi connectivity index (χ4n) is 2.78. The van der Waals surface area contributed by atoms with E-state index in [4.69, 9.17) is 9.05 Å². The van der Waals surface area contributed by atoms with E-state index in [1.807, 2.05) is 13.8 Å². The number of rotatable bonds is 7. The van der Waals surface area contributed by atoms with Gasteiger partial charge in [0.25, 0.3) is 0 Å². The summed E-state index contributed by atoms with van der Waals surface area (Å²) in [5, 5.41) is 2.54. The van der Waals surface area contributed by atoms with Crippen molar-refractivity contribution in [2.75, 3.05) is 19.4 Å². The standard InChI is InChI=1S/C18H20BrO3PS/c1-3-21-23(20,22-4-2)10-9-13-5-7-15-16-8-6-14(19)12-18(16)24-17(15)11-13/h5-8,11-12H,3-4,9-10H2,1-2H3. The summed E-state index contributed by atoms with van der Waals surface area (Å²) >= 11 is 5.31. The summed E-state index contributed by atoms with van der Waals surface area (Å²) in [5.41, 5.74) is 1.16. The van der Waals surface area contributed by atoms with Crippen LogP contribution in [0.4, 0.5) is 0 Å². The molecule has 1 aromatic heterocycles. The maximum absolute atomic E-state index is 12.6. The van der Waals surface area contributed by atoms with E-state index in [9.17, 15) is 4.57 Å². The van der Waals surface area contributed by atoms with Gasteiger partial charge in [0.05, 0.1) is 19.4 Å². The Bertz CT molecular complexity index is 896. The van der Waals surface area contributed by atoms with Crippen LogP contribution in [0.5, 0.6) is 0 Å². The minimum absolute atomic E-state index is 0.404. The van der Waals surface area contributed by atoms with E-state index in [2.05, 4.69) is 52.3 Å². The molecule has 3 rings (SSSR count). The highest BCUT2D eigenvalue weighted by Gasteiger charge is 2.23. The zero-order chi connectivity index (χ0) is 17.2. The quantitative estimate of drug-likeness (QED) is 0.397. The second-order valence-corrected chi connectivity index (χ2v) is 9.68. The molecule has 2 aromatic carbocycles. The first-order chi connectivity index (χ1) is 11.5. The third-order valence-corrected chi connectivity index (χ3v) is 7.51. The van der Waals surface area contributed by atoms with Gasteiger partial charge in [0, 0.05) is 24.6 Å². The number of aryl methyl sites for hydroxylation is 1. The molecule has 0 unspecified atom stereocenters. The van der Waals surface area contributed by atoms with Gasteiger partial charge in [-0.2, -0.15) is 0 Å². The highest BCUT2D eigenvalue weighted by atomic mass is 79.9. The van der Waals surface area contributed by atoms with Crippen LogP contribution in [-0.2, 0) is 20.0 Å². The number of hydrogen-bond acceptors (Lipinski definition) is 4. The maximum atomic E-state index is 12.6. The van der Waals surface area contributed by atoms with Crippen molar-refractivity contribution in [3.8, 4) is 0 Å². The summed E-state index contributed by atoms with van der Waals surface area (Å²) in [4.78, 5) is 0. The Morgan fingerprint density at radius 2 is 1.62 bits per heavy atom. The van der Waals surface area contributed by atoms with Gasteiger partial charge in [0.1, 0.15) is 0 Å². The van der Waals surface area contributed by atoms with Crippen molar-refractivity contribution in [1.29, 1.82) is 0 Å². The molecule has 0 aliphatic carbocycles. The average molecular weight is 427 g/mol. The zero-order valence-electron chi connectivity index (χ0n) is 13.8. The highest BCUT2D eigenvalue weighted by Crippen LogP contribution is 2.48. The normalized spacial score (nSPS) is 12.3. The van der Waals surface area contributed by atoms with Crippen molar-refractivity contribution < 1.29 is 13.6 Å². The lowest BCUT2D eigenvalue weighted by Crippen LogP contribution is -2.02. The van der Waals surface area contributed by atoms with Crippen LogP contribution >= 0.6 is 34.9 Å². The van der Waals surface area contributed by atoms with Gasteiger partial charge in [-0.05, 0) is 44.0 Å². The molecule has 0 aliphatic rings. The second kappa shape index (κ2) is 7.67. The molecule has 6 heteroatoms. The first kappa shape index (κ1) is 18.1. The molecule has 0 bridgehead atoms. The third-order valence-electron chi connectivity index (χ3n) is 3.83. The molecular weight excluding hydrogens is 407 g/mol. The Labute approximate surface area is 154 Å². The molecule has 3 nitrogen and oxygen atoms in total. The summed E-state index contributed by atoms with van der Waals surface area (Å²) in [6, 6.07) is 12.8. The van der Waals surface area contributed by atoms with Crippen LogP contribution in [0.3, 0.4) is 0 Å². The van der Waals surface area contributed by atoms with E-state index < -0.39 is 7.60 Å². The van der Waals surface area contributed by atoms with E-state index in [1.165, 1.54) is 20.2 Å². The summed E-state index contributed by atoms with van der Waals surface area (Å²) in [6.45, 7) is 4.49. The molecule has 0 aliphatic heterocycles. The van der Waals surface area contributed by atoms with Gasteiger partial charge in [0.15, 0.2) is 0 Å². The van der Waals surface area contributed by atoms with Crippen molar-refractivity contribution in [2.45, 2.75) is 20.3 Å². The van der Waals surface area contributed by atoms with Crippen molar-refractivity contribution in [3.05, 3.63) is 46.4 Å². The minimum Gasteiger partial charge on any atom is -0.309 e. The van der Waals surface area contributed by atoms with Crippen LogP contribution in [0.15, 0.2) is 40.9 Å². The number of benzene rings is 2. The lowest BCUT2D eigenvalue weighted by Gasteiger charge is -2.16. The first-order valence-corrected chi connectivity index (χ1v) is 11.4. The van der Waals surface area contributed by atoms with Crippen molar-refractivity contribution in [3.63, 3.8) is 0 Å². The van der Waals surface area contributed by atoms with Crippen LogP contribution in [0.2, 0.25) is 0 Å². The average Bonchev–Trinajstić information content (AvgIpc) is 2.90. The van der Waals surface area contributed by atoms with Crippen LogP contribution in [-0.4, -0.2) is 19.4 Å². The molecule has 0 N–H and O–H groups in total. The van der Waals surface area contributed by atoms with Gasteiger partial charge in [0.2, 0.25) is 0 Å². The summed E-state index contributed by atoms with van der Waals surface area (Å²) < 4.78 is 26.9. The topological polar surface area (TPSA) is 35.5 Å². The van der Waals surface area contributed by atoms with Gasteiger partial charge in [-0.3, -0.25) is 4.57 Å². The highest BCUT2D eigenvalue weighted by molar-refractivity contribution is 9.10. The third kappa shape index (κ3) is 3.92. The monoisotopic (exact) mass is 426 g/mol. The summed E-state index contributed by atoms with van der Waals surface area (Å²) in [5.74, 6) is 0. The smallest absolute Gasteiger partial charge is 0.309 e. The van der Waals surface area contributed by atoms with E-state index in [0.717, 1.165) is 10.0 Å². The Morgan fingerprint density at radius 3 is 2.29 bits per heavy atom. The zero-order valence-corrected chi connectivity index (χ0v) is 17.0. The molecule has 0 saturated carbocycles. The van der Waals surface area contributed by atoms with Gasteiger partial charge in [-0.25, -0.2) is 0 Å². The largest absolute Gasteiger partial charge is 0.330 e. The maximum Gasteiger partial charge on any atom is 0.330 e.